The molecule has 2 heterocycles. The average Bonchev–Trinajstić information content (AvgIpc) is 2.69. The minimum atomic E-state index is -4.57. The van der Waals surface area contributed by atoms with Crippen LogP contribution in [-0.4, -0.2) is 27.4 Å². The van der Waals surface area contributed by atoms with Gasteiger partial charge in [0.2, 0.25) is 0 Å². The molecule has 0 radical (unpaired) electrons. The molecule has 2 aromatic heterocycles. The quantitative estimate of drug-likeness (QED) is 0.715. The van der Waals surface area contributed by atoms with E-state index in [1.165, 1.54) is 10.7 Å². The summed E-state index contributed by atoms with van der Waals surface area (Å²) in [6.07, 6.45) is -2.25. The van der Waals surface area contributed by atoms with Crippen LogP contribution in [0.2, 0.25) is 0 Å². The Bertz CT molecular complexity index is 576. The van der Waals surface area contributed by atoms with Gasteiger partial charge in [0.1, 0.15) is 12.0 Å². The number of nitrogens with zero attached hydrogens (tertiary/aromatic N) is 3. The Hall–Kier alpha value is -2.12. The molecule has 0 aliphatic rings. The highest BCUT2D eigenvalue weighted by molar-refractivity contribution is 5.93. The third-order valence-corrected chi connectivity index (χ3v) is 2.06. The number of methoxy groups -OCH3 is 1. The number of ether oxygens (including phenoxy) is 1. The number of carbonyl (C=O) groups excluding carboxylic acids is 1. The molecule has 0 aliphatic heterocycles. The van der Waals surface area contributed by atoms with Crippen molar-refractivity contribution in [2.75, 3.05) is 7.11 Å². The standard InChI is InChI=1S/C9H6F3N3O2/c1-17-8(16)6-7-14-5(9(10,11)12)2-3-15(7)4-13-6/h2-4H,1H3. The van der Waals surface area contributed by atoms with Crippen molar-refractivity contribution in [1.82, 2.24) is 14.4 Å². The number of hydrogen-bond donors (Lipinski definition) is 0. The van der Waals surface area contributed by atoms with Gasteiger partial charge < -0.3 is 4.74 Å². The van der Waals surface area contributed by atoms with Gasteiger partial charge in [0.15, 0.2) is 11.3 Å². The first-order valence-corrected chi connectivity index (χ1v) is 4.42. The predicted octanol–water partition coefficient (Wildman–Crippen LogP) is 1.53. The highest BCUT2D eigenvalue weighted by atomic mass is 19.4. The zero-order valence-electron chi connectivity index (χ0n) is 8.52. The first-order chi connectivity index (χ1) is 7.93. The molecule has 0 aromatic carbocycles. The molecule has 0 bridgehead atoms. The number of alkyl halides is 3. The van der Waals surface area contributed by atoms with Gasteiger partial charge in [0.05, 0.1) is 7.11 Å². The van der Waals surface area contributed by atoms with E-state index in [2.05, 4.69) is 14.7 Å². The molecule has 0 unspecified atom stereocenters. The van der Waals surface area contributed by atoms with Gasteiger partial charge in [-0.1, -0.05) is 0 Å². The van der Waals surface area contributed by atoms with Crippen LogP contribution in [0.3, 0.4) is 0 Å². The maximum Gasteiger partial charge on any atom is 0.433 e. The van der Waals surface area contributed by atoms with Crippen molar-refractivity contribution in [3.8, 4) is 0 Å². The van der Waals surface area contributed by atoms with E-state index in [1.54, 1.807) is 0 Å². The van der Waals surface area contributed by atoms with Crippen molar-refractivity contribution >= 4 is 11.6 Å². The number of imidazole rings is 1. The van der Waals surface area contributed by atoms with Crippen molar-refractivity contribution in [2.24, 2.45) is 0 Å². The van der Waals surface area contributed by atoms with Crippen LogP contribution in [-0.2, 0) is 10.9 Å². The van der Waals surface area contributed by atoms with Gasteiger partial charge in [-0.3, -0.25) is 4.40 Å². The lowest BCUT2D eigenvalue weighted by molar-refractivity contribution is -0.141. The minimum Gasteiger partial charge on any atom is -0.464 e. The second-order valence-electron chi connectivity index (χ2n) is 3.13. The fourth-order valence-corrected chi connectivity index (χ4v) is 1.28. The summed E-state index contributed by atoms with van der Waals surface area (Å²) in [4.78, 5) is 18.2. The van der Waals surface area contributed by atoms with Gasteiger partial charge in [0.25, 0.3) is 0 Å². The second kappa shape index (κ2) is 3.72. The van der Waals surface area contributed by atoms with Gasteiger partial charge in [-0.25, -0.2) is 14.8 Å². The third kappa shape index (κ3) is 1.93. The Morgan fingerprint density at radius 3 is 2.76 bits per heavy atom. The first-order valence-electron chi connectivity index (χ1n) is 4.42. The fourth-order valence-electron chi connectivity index (χ4n) is 1.28. The van der Waals surface area contributed by atoms with Crippen LogP contribution in [0.25, 0.3) is 5.65 Å². The summed E-state index contributed by atoms with van der Waals surface area (Å²) >= 11 is 0. The lowest BCUT2D eigenvalue weighted by atomic mass is 10.4. The van der Waals surface area contributed by atoms with Crippen LogP contribution in [0.1, 0.15) is 16.2 Å². The van der Waals surface area contributed by atoms with Crippen LogP contribution in [0.5, 0.6) is 0 Å². The topological polar surface area (TPSA) is 56.5 Å². The third-order valence-electron chi connectivity index (χ3n) is 2.06. The Balaban J connectivity index is 2.62. The van der Waals surface area contributed by atoms with Gasteiger partial charge >= 0.3 is 12.1 Å². The number of rotatable bonds is 1. The van der Waals surface area contributed by atoms with Gasteiger partial charge in [-0.15, -0.1) is 0 Å². The molecule has 0 aliphatic carbocycles. The molecule has 0 saturated carbocycles. The zero-order valence-corrected chi connectivity index (χ0v) is 8.52. The van der Waals surface area contributed by atoms with Crippen LogP contribution < -0.4 is 0 Å². The number of carbonyl (C=O) groups is 1. The molecule has 2 rings (SSSR count). The van der Waals surface area contributed by atoms with Crippen LogP contribution in [0, 0.1) is 0 Å². The Labute approximate surface area is 92.9 Å². The lowest BCUT2D eigenvalue weighted by Gasteiger charge is -2.05. The minimum absolute atomic E-state index is 0.188. The molecule has 8 heteroatoms. The Kier molecular flexibility index (Phi) is 2.49. The summed E-state index contributed by atoms with van der Waals surface area (Å²) < 4.78 is 42.9. The Morgan fingerprint density at radius 2 is 2.18 bits per heavy atom. The molecular weight excluding hydrogens is 239 g/mol. The zero-order chi connectivity index (χ0) is 12.6. The summed E-state index contributed by atoms with van der Waals surface area (Å²) in [5.41, 5.74) is -1.53. The van der Waals surface area contributed by atoms with Crippen LogP contribution >= 0.6 is 0 Å². The average molecular weight is 245 g/mol. The summed E-state index contributed by atoms with van der Waals surface area (Å²) in [6, 6.07) is 0.801. The van der Waals surface area contributed by atoms with E-state index in [9.17, 15) is 18.0 Å². The maximum atomic E-state index is 12.4. The number of halogens is 3. The summed E-state index contributed by atoms with van der Waals surface area (Å²) in [5.74, 6) is -0.834. The molecule has 2 aromatic rings. The molecule has 0 amide bonds. The van der Waals surface area contributed by atoms with E-state index in [1.807, 2.05) is 0 Å². The van der Waals surface area contributed by atoms with E-state index in [-0.39, 0.29) is 11.3 Å². The van der Waals surface area contributed by atoms with Gasteiger partial charge in [0, 0.05) is 6.20 Å². The van der Waals surface area contributed by atoms with Gasteiger partial charge in [-0.05, 0) is 6.07 Å². The first kappa shape index (κ1) is 11.4. The van der Waals surface area contributed by atoms with Crippen LogP contribution in [0.4, 0.5) is 13.2 Å². The van der Waals surface area contributed by atoms with E-state index >= 15 is 0 Å². The molecule has 90 valence electrons. The molecule has 0 atom stereocenters. The normalized spacial score (nSPS) is 11.8. The molecular formula is C9H6F3N3O2. The van der Waals surface area contributed by atoms with Crippen molar-refractivity contribution < 1.29 is 22.7 Å². The largest absolute Gasteiger partial charge is 0.464 e. The highest BCUT2D eigenvalue weighted by Crippen LogP contribution is 2.27. The van der Waals surface area contributed by atoms with E-state index < -0.39 is 17.8 Å². The molecule has 0 saturated heterocycles. The number of fused-ring (bicyclic) bond motifs is 1. The highest BCUT2D eigenvalue weighted by Gasteiger charge is 2.33. The van der Waals surface area contributed by atoms with Crippen molar-refractivity contribution in [2.45, 2.75) is 6.18 Å². The summed E-state index contributed by atoms with van der Waals surface area (Å²) in [7, 11) is 1.11. The Morgan fingerprint density at radius 1 is 1.47 bits per heavy atom. The van der Waals surface area contributed by atoms with Crippen molar-refractivity contribution in [3.05, 3.63) is 30.0 Å². The second-order valence-corrected chi connectivity index (χ2v) is 3.13. The number of esters is 1. The van der Waals surface area contributed by atoms with Crippen molar-refractivity contribution in [1.29, 1.82) is 0 Å². The molecule has 0 spiro atoms. The molecule has 17 heavy (non-hydrogen) atoms. The SMILES string of the molecule is COC(=O)c1ncn2ccc(C(F)(F)F)nc12. The monoisotopic (exact) mass is 245 g/mol. The van der Waals surface area contributed by atoms with Gasteiger partial charge in [-0.2, -0.15) is 13.2 Å². The molecule has 0 N–H and O–H groups in total. The number of hydrogen-bond acceptors (Lipinski definition) is 4. The lowest BCUT2D eigenvalue weighted by Crippen LogP contribution is -2.10. The smallest absolute Gasteiger partial charge is 0.433 e. The van der Waals surface area contributed by atoms with E-state index in [0.29, 0.717) is 0 Å². The summed E-state index contributed by atoms with van der Waals surface area (Å²) in [6.45, 7) is 0. The van der Waals surface area contributed by atoms with E-state index in [0.717, 1.165) is 19.4 Å². The maximum absolute atomic E-state index is 12.4. The predicted molar refractivity (Wildman–Crippen MR) is 49.3 cm³/mol. The fraction of sp³-hybridized carbons (Fsp3) is 0.222. The summed E-state index contributed by atoms with van der Waals surface area (Å²) in [5, 5.41) is 0. The molecule has 0 fully saturated rings. The number of aromatic nitrogens is 3. The van der Waals surface area contributed by atoms with Crippen molar-refractivity contribution in [3.63, 3.8) is 0 Å². The molecule has 5 nitrogen and oxygen atoms in total. The van der Waals surface area contributed by atoms with Crippen LogP contribution in [0.15, 0.2) is 18.6 Å². The van der Waals surface area contributed by atoms with E-state index in [4.69, 9.17) is 0 Å².